The summed E-state index contributed by atoms with van der Waals surface area (Å²) >= 11 is 0. The summed E-state index contributed by atoms with van der Waals surface area (Å²) in [6.45, 7) is 5.00. The van der Waals surface area contributed by atoms with Crippen LogP contribution in [0.25, 0.3) is 0 Å². The number of hydrogen-bond donors (Lipinski definition) is 2. The van der Waals surface area contributed by atoms with E-state index in [0.717, 1.165) is 5.56 Å². The molecule has 0 radical (unpaired) electrons. The quantitative estimate of drug-likeness (QED) is 0.759. The van der Waals surface area contributed by atoms with Crippen molar-refractivity contribution in [3.63, 3.8) is 0 Å². The Bertz CT molecular complexity index is 393. The highest BCUT2D eigenvalue weighted by Gasteiger charge is 2.22. The number of amides is 1. The Morgan fingerprint density at radius 3 is 2.45 bits per heavy atom. The molecule has 0 bridgehead atoms. The molecule has 0 heterocycles. The second-order valence-electron chi connectivity index (χ2n) is 5.44. The lowest BCUT2D eigenvalue weighted by Crippen LogP contribution is -2.46. The normalized spacial score (nSPS) is 14.1. The fourth-order valence-electron chi connectivity index (χ4n) is 2.06. The molecule has 2 unspecified atom stereocenters. The van der Waals surface area contributed by atoms with Crippen molar-refractivity contribution in [2.75, 3.05) is 20.3 Å². The van der Waals surface area contributed by atoms with Crippen molar-refractivity contribution in [2.24, 2.45) is 17.6 Å². The molecule has 0 aliphatic heterocycles. The van der Waals surface area contributed by atoms with E-state index in [0.29, 0.717) is 25.5 Å². The molecule has 4 heteroatoms. The van der Waals surface area contributed by atoms with Crippen molar-refractivity contribution in [3.8, 4) is 0 Å². The highest BCUT2D eigenvalue weighted by Crippen LogP contribution is 2.10. The molecule has 2 atom stereocenters. The van der Waals surface area contributed by atoms with Crippen molar-refractivity contribution in [2.45, 2.75) is 26.3 Å². The van der Waals surface area contributed by atoms with Crippen LogP contribution in [0.1, 0.15) is 19.4 Å². The van der Waals surface area contributed by atoms with Crippen molar-refractivity contribution < 1.29 is 9.53 Å². The number of hydrogen-bond acceptors (Lipinski definition) is 3. The Morgan fingerprint density at radius 1 is 1.30 bits per heavy atom. The maximum absolute atomic E-state index is 12.3. The van der Waals surface area contributed by atoms with E-state index in [4.69, 9.17) is 10.5 Å². The molecule has 1 amide bonds. The molecule has 1 rings (SSSR count). The van der Waals surface area contributed by atoms with Crippen molar-refractivity contribution >= 4 is 5.91 Å². The van der Waals surface area contributed by atoms with Gasteiger partial charge in [-0.25, -0.2) is 0 Å². The number of carbonyl (C=O) groups is 1. The molecular weight excluding hydrogens is 252 g/mol. The third kappa shape index (κ3) is 5.31. The average molecular weight is 278 g/mol. The lowest BCUT2D eigenvalue weighted by Gasteiger charge is -2.24. The monoisotopic (exact) mass is 278 g/mol. The van der Waals surface area contributed by atoms with Gasteiger partial charge in [-0.1, -0.05) is 44.2 Å². The van der Waals surface area contributed by atoms with Gasteiger partial charge in [0, 0.05) is 13.7 Å². The smallest absolute Gasteiger partial charge is 0.225 e. The molecule has 0 aliphatic carbocycles. The first-order valence-corrected chi connectivity index (χ1v) is 7.11. The van der Waals surface area contributed by atoms with Crippen LogP contribution in [0.4, 0.5) is 0 Å². The highest BCUT2D eigenvalue weighted by atomic mass is 16.5. The fraction of sp³-hybridized carbons (Fsp3) is 0.562. The Kier molecular flexibility index (Phi) is 7.26. The summed E-state index contributed by atoms with van der Waals surface area (Å²) in [7, 11) is 1.64. The van der Waals surface area contributed by atoms with Gasteiger partial charge in [-0.15, -0.1) is 0 Å². The van der Waals surface area contributed by atoms with Crippen molar-refractivity contribution in [3.05, 3.63) is 35.9 Å². The molecular formula is C16H26N2O2. The number of carbonyl (C=O) groups excluding carboxylic acids is 1. The van der Waals surface area contributed by atoms with Crippen LogP contribution in [0.3, 0.4) is 0 Å². The van der Waals surface area contributed by atoms with Crippen molar-refractivity contribution in [1.82, 2.24) is 5.32 Å². The Morgan fingerprint density at radius 2 is 1.95 bits per heavy atom. The van der Waals surface area contributed by atoms with Crippen LogP contribution in [-0.4, -0.2) is 32.2 Å². The average Bonchev–Trinajstić information content (AvgIpc) is 2.45. The minimum atomic E-state index is -0.199. The van der Waals surface area contributed by atoms with Gasteiger partial charge in [-0.3, -0.25) is 4.79 Å². The zero-order valence-electron chi connectivity index (χ0n) is 12.6. The zero-order valence-corrected chi connectivity index (χ0v) is 12.6. The Hall–Kier alpha value is -1.39. The van der Waals surface area contributed by atoms with Gasteiger partial charge in [0.2, 0.25) is 5.91 Å². The second-order valence-corrected chi connectivity index (χ2v) is 5.44. The summed E-state index contributed by atoms with van der Waals surface area (Å²) in [5.74, 6) is 0.136. The lowest BCUT2D eigenvalue weighted by molar-refractivity contribution is -0.126. The number of nitrogens with one attached hydrogen (secondary N) is 1. The molecule has 4 nitrogen and oxygen atoms in total. The van der Waals surface area contributed by atoms with Crippen LogP contribution in [0.5, 0.6) is 0 Å². The second kappa shape index (κ2) is 8.72. The minimum Gasteiger partial charge on any atom is -0.383 e. The van der Waals surface area contributed by atoms with Gasteiger partial charge in [0.05, 0.1) is 18.6 Å². The SMILES string of the molecule is COCC(NC(=O)C(CN)Cc1ccccc1)C(C)C. The molecule has 112 valence electrons. The molecule has 0 aromatic heterocycles. The van der Waals surface area contributed by atoms with Crippen LogP contribution in [-0.2, 0) is 16.0 Å². The largest absolute Gasteiger partial charge is 0.383 e. The van der Waals surface area contributed by atoms with Crippen LogP contribution in [0.2, 0.25) is 0 Å². The van der Waals surface area contributed by atoms with E-state index >= 15 is 0 Å². The minimum absolute atomic E-state index is 0.00658. The summed E-state index contributed by atoms with van der Waals surface area (Å²) in [5, 5.41) is 3.04. The number of nitrogens with two attached hydrogens (primary N) is 1. The van der Waals surface area contributed by atoms with Gasteiger partial charge >= 0.3 is 0 Å². The van der Waals surface area contributed by atoms with Gasteiger partial charge in [0.25, 0.3) is 0 Å². The third-order valence-electron chi connectivity index (χ3n) is 3.46. The molecule has 3 N–H and O–H groups in total. The molecule has 0 aliphatic rings. The summed E-state index contributed by atoms with van der Waals surface area (Å²) in [6, 6.07) is 9.98. The summed E-state index contributed by atoms with van der Waals surface area (Å²) in [4.78, 5) is 12.3. The van der Waals surface area contributed by atoms with Crippen LogP contribution in [0, 0.1) is 11.8 Å². The number of ether oxygens (including phenoxy) is 1. The van der Waals surface area contributed by atoms with E-state index in [1.54, 1.807) is 7.11 Å². The van der Waals surface area contributed by atoms with Gasteiger partial charge in [0.15, 0.2) is 0 Å². The molecule has 0 saturated carbocycles. The standard InChI is InChI=1S/C16H26N2O2/c1-12(2)15(11-20-3)18-16(19)14(10-17)9-13-7-5-4-6-8-13/h4-8,12,14-15H,9-11,17H2,1-3H3,(H,18,19). The summed E-state index contributed by atoms with van der Waals surface area (Å²) in [6.07, 6.45) is 0.668. The van der Waals surface area contributed by atoms with Crippen LogP contribution >= 0.6 is 0 Å². The number of rotatable bonds is 8. The van der Waals surface area contributed by atoms with Gasteiger partial charge in [-0.05, 0) is 17.9 Å². The van der Waals surface area contributed by atoms with E-state index < -0.39 is 0 Å². The van der Waals surface area contributed by atoms with Crippen LogP contribution < -0.4 is 11.1 Å². The predicted molar refractivity (Wildman–Crippen MR) is 81.3 cm³/mol. The van der Waals surface area contributed by atoms with E-state index in [9.17, 15) is 4.79 Å². The zero-order chi connectivity index (χ0) is 15.0. The lowest BCUT2D eigenvalue weighted by atomic mass is 9.97. The van der Waals surface area contributed by atoms with E-state index in [1.807, 2.05) is 30.3 Å². The van der Waals surface area contributed by atoms with Gasteiger partial charge in [0.1, 0.15) is 0 Å². The van der Waals surface area contributed by atoms with Gasteiger partial charge in [-0.2, -0.15) is 0 Å². The predicted octanol–water partition coefficient (Wildman–Crippen LogP) is 1.59. The van der Waals surface area contributed by atoms with E-state index in [-0.39, 0.29) is 17.9 Å². The summed E-state index contributed by atoms with van der Waals surface area (Å²) in [5.41, 5.74) is 6.89. The van der Waals surface area contributed by atoms with Gasteiger partial charge < -0.3 is 15.8 Å². The first-order valence-electron chi connectivity index (χ1n) is 7.11. The van der Waals surface area contributed by atoms with E-state index in [1.165, 1.54) is 0 Å². The Balaban J connectivity index is 2.62. The molecule has 0 saturated heterocycles. The third-order valence-corrected chi connectivity index (χ3v) is 3.46. The van der Waals surface area contributed by atoms with E-state index in [2.05, 4.69) is 19.2 Å². The summed E-state index contributed by atoms with van der Waals surface area (Å²) < 4.78 is 5.15. The first kappa shape index (κ1) is 16.7. The topological polar surface area (TPSA) is 64.3 Å². The first-order chi connectivity index (χ1) is 9.58. The van der Waals surface area contributed by atoms with Crippen LogP contribution in [0.15, 0.2) is 30.3 Å². The maximum atomic E-state index is 12.3. The highest BCUT2D eigenvalue weighted by molar-refractivity contribution is 5.79. The number of methoxy groups -OCH3 is 1. The fourth-order valence-corrected chi connectivity index (χ4v) is 2.06. The van der Waals surface area contributed by atoms with Crippen molar-refractivity contribution in [1.29, 1.82) is 0 Å². The Labute approximate surface area is 121 Å². The number of benzene rings is 1. The molecule has 1 aromatic carbocycles. The maximum Gasteiger partial charge on any atom is 0.225 e. The molecule has 20 heavy (non-hydrogen) atoms. The molecule has 1 aromatic rings. The molecule has 0 fully saturated rings. The molecule has 0 spiro atoms.